The van der Waals surface area contributed by atoms with Crippen molar-refractivity contribution in [2.45, 2.75) is 45.1 Å². The first kappa shape index (κ1) is 22.9. The number of unbranched alkanes of at least 4 members (excludes halogenated alkanes) is 1. The van der Waals surface area contributed by atoms with Gasteiger partial charge in [-0.3, -0.25) is 0 Å². The van der Waals surface area contributed by atoms with Crippen LogP contribution < -0.4 is 9.47 Å². The maximum absolute atomic E-state index is 11.6. The topological polar surface area (TPSA) is 79.2 Å². The molecular weight excluding hydrogens is 394 g/mol. The Labute approximate surface area is 184 Å². The number of benzene rings is 2. The van der Waals surface area contributed by atoms with E-state index in [0.717, 1.165) is 24.8 Å². The molecule has 3 atom stereocenters. The number of nitrogens with zero attached hydrogens (tertiary/aromatic N) is 1. The minimum absolute atomic E-state index is 0.130. The number of amides is 1. The largest absolute Gasteiger partial charge is 0.493 e. The molecule has 0 unspecified atom stereocenters. The van der Waals surface area contributed by atoms with Crippen molar-refractivity contribution >= 4 is 6.09 Å². The van der Waals surface area contributed by atoms with E-state index in [-0.39, 0.29) is 5.92 Å². The zero-order chi connectivity index (χ0) is 22.4. The van der Waals surface area contributed by atoms with Crippen molar-refractivity contribution in [1.29, 1.82) is 0 Å². The molecule has 2 N–H and O–H groups in total. The summed E-state index contributed by atoms with van der Waals surface area (Å²) < 4.78 is 11.5. The lowest BCUT2D eigenvalue weighted by atomic mass is 9.72. The van der Waals surface area contributed by atoms with E-state index >= 15 is 0 Å². The Balaban J connectivity index is 1.68. The Morgan fingerprint density at radius 1 is 1.19 bits per heavy atom. The number of hydrogen-bond donors (Lipinski definition) is 2. The van der Waals surface area contributed by atoms with Gasteiger partial charge >= 0.3 is 6.09 Å². The van der Waals surface area contributed by atoms with Crippen LogP contribution >= 0.6 is 0 Å². The Hall–Kier alpha value is -2.73. The summed E-state index contributed by atoms with van der Waals surface area (Å²) in [6.45, 7) is 4.89. The highest BCUT2D eigenvalue weighted by Crippen LogP contribution is 2.46. The minimum Gasteiger partial charge on any atom is -0.493 e. The maximum Gasteiger partial charge on any atom is 0.407 e. The van der Waals surface area contributed by atoms with E-state index in [2.05, 4.69) is 24.3 Å². The zero-order valence-electron chi connectivity index (χ0n) is 18.6. The first-order valence-electron chi connectivity index (χ1n) is 10.9. The number of hydrogen-bond acceptors (Lipinski definition) is 4. The molecule has 0 saturated carbocycles. The molecule has 1 fully saturated rings. The molecule has 1 aliphatic rings. The van der Waals surface area contributed by atoms with Crippen LogP contribution in [0.25, 0.3) is 0 Å². The fourth-order valence-corrected chi connectivity index (χ4v) is 4.35. The first-order chi connectivity index (χ1) is 14.8. The van der Waals surface area contributed by atoms with Crippen molar-refractivity contribution in [1.82, 2.24) is 4.90 Å². The van der Waals surface area contributed by atoms with Crippen molar-refractivity contribution < 1.29 is 24.5 Å². The van der Waals surface area contributed by atoms with Crippen LogP contribution in [0.3, 0.4) is 0 Å². The smallest absolute Gasteiger partial charge is 0.407 e. The Kier molecular flexibility index (Phi) is 7.44. The summed E-state index contributed by atoms with van der Waals surface area (Å²) in [6.07, 6.45) is 1.36. The predicted molar refractivity (Wildman–Crippen MR) is 120 cm³/mol. The number of carbonyl (C=O) groups is 1. The van der Waals surface area contributed by atoms with Crippen LogP contribution in [-0.4, -0.2) is 54.1 Å². The van der Waals surface area contributed by atoms with E-state index in [1.54, 1.807) is 14.0 Å². The highest BCUT2D eigenvalue weighted by Gasteiger charge is 2.48. The lowest BCUT2D eigenvalue weighted by Crippen LogP contribution is -2.37. The second-order valence-corrected chi connectivity index (χ2v) is 8.60. The lowest BCUT2D eigenvalue weighted by molar-refractivity contribution is 0.0481. The van der Waals surface area contributed by atoms with Crippen LogP contribution in [0.15, 0.2) is 48.5 Å². The highest BCUT2D eigenvalue weighted by atomic mass is 16.5. The number of carboxylic acid groups (broad SMARTS) is 1. The number of likely N-dealkylation sites (tertiary alicyclic amines) is 1. The molecule has 0 bridgehead atoms. The second kappa shape index (κ2) is 10.1. The number of rotatable bonds is 9. The maximum atomic E-state index is 11.6. The summed E-state index contributed by atoms with van der Waals surface area (Å²) in [5.74, 6) is 1.18. The molecule has 6 heteroatoms. The standard InChI is InChI=1S/C25H33NO5/c1-18(27)25(2)17-26(24(28)29)16-21(25)20-12-13-22(30-3)23(15-20)31-14-8-7-11-19-9-5-4-6-10-19/h4-6,9-10,12-13,15,18,21,27H,7-8,11,14,16-17H2,1-3H3,(H,28,29)/t18-,21-,25-/m0/s1. The Bertz CT molecular complexity index is 869. The molecule has 2 aromatic rings. The van der Waals surface area contributed by atoms with E-state index in [9.17, 15) is 15.0 Å². The Morgan fingerprint density at radius 3 is 2.58 bits per heavy atom. The van der Waals surface area contributed by atoms with Gasteiger partial charge in [0, 0.05) is 24.4 Å². The van der Waals surface area contributed by atoms with Gasteiger partial charge in [-0.1, -0.05) is 43.3 Å². The molecule has 0 aromatic heterocycles. The molecule has 1 saturated heterocycles. The third kappa shape index (κ3) is 5.31. The van der Waals surface area contributed by atoms with Gasteiger partial charge in [-0.05, 0) is 49.4 Å². The van der Waals surface area contributed by atoms with Gasteiger partial charge in [0.05, 0.1) is 19.8 Å². The molecule has 31 heavy (non-hydrogen) atoms. The van der Waals surface area contributed by atoms with Gasteiger partial charge in [0.25, 0.3) is 0 Å². The molecular formula is C25H33NO5. The molecule has 1 amide bonds. The SMILES string of the molecule is COc1ccc([C@@H]2CN(C(=O)O)C[C@@]2(C)[C@H](C)O)cc1OCCCCc1ccccc1. The molecule has 0 spiro atoms. The van der Waals surface area contributed by atoms with Crippen LogP contribution in [0.2, 0.25) is 0 Å². The van der Waals surface area contributed by atoms with Gasteiger partial charge in [0.15, 0.2) is 11.5 Å². The molecule has 1 heterocycles. The van der Waals surface area contributed by atoms with E-state index in [1.165, 1.54) is 10.5 Å². The summed E-state index contributed by atoms with van der Waals surface area (Å²) in [7, 11) is 1.61. The van der Waals surface area contributed by atoms with E-state index in [4.69, 9.17) is 9.47 Å². The van der Waals surface area contributed by atoms with Crippen LogP contribution in [-0.2, 0) is 6.42 Å². The van der Waals surface area contributed by atoms with E-state index < -0.39 is 17.6 Å². The first-order valence-corrected chi connectivity index (χ1v) is 10.9. The number of ether oxygens (including phenoxy) is 2. The molecule has 6 nitrogen and oxygen atoms in total. The van der Waals surface area contributed by atoms with Crippen molar-refractivity contribution in [2.24, 2.45) is 5.41 Å². The number of aliphatic hydroxyl groups is 1. The molecule has 2 aromatic carbocycles. The van der Waals surface area contributed by atoms with Gasteiger partial charge < -0.3 is 24.6 Å². The van der Waals surface area contributed by atoms with Crippen molar-refractivity contribution in [3.05, 3.63) is 59.7 Å². The van der Waals surface area contributed by atoms with Gasteiger partial charge in [0.1, 0.15) is 0 Å². The summed E-state index contributed by atoms with van der Waals surface area (Å²) in [6, 6.07) is 16.1. The van der Waals surface area contributed by atoms with Crippen molar-refractivity contribution in [2.75, 3.05) is 26.8 Å². The van der Waals surface area contributed by atoms with Crippen molar-refractivity contribution in [3.8, 4) is 11.5 Å². The molecule has 0 aliphatic carbocycles. The third-order valence-corrected chi connectivity index (χ3v) is 6.51. The van der Waals surface area contributed by atoms with Gasteiger partial charge in [-0.15, -0.1) is 0 Å². The number of methoxy groups -OCH3 is 1. The number of aryl methyl sites for hydroxylation is 1. The summed E-state index contributed by atoms with van der Waals surface area (Å²) in [4.78, 5) is 12.9. The quantitative estimate of drug-likeness (QED) is 0.574. The zero-order valence-corrected chi connectivity index (χ0v) is 18.6. The van der Waals surface area contributed by atoms with Crippen LogP contribution in [0, 0.1) is 5.41 Å². The average molecular weight is 428 g/mol. The Morgan fingerprint density at radius 2 is 1.94 bits per heavy atom. The van der Waals surface area contributed by atoms with Gasteiger partial charge in [-0.2, -0.15) is 0 Å². The van der Waals surface area contributed by atoms with E-state index in [0.29, 0.717) is 31.2 Å². The van der Waals surface area contributed by atoms with Gasteiger partial charge in [-0.25, -0.2) is 4.79 Å². The number of aliphatic hydroxyl groups excluding tert-OH is 1. The normalized spacial score (nSPS) is 21.7. The van der Waals surface area contributed by atoms with Crippen molar-refractivity contribution in [3.63, 3.8) is 0 Å². The minimum atomic E-state index is -0.960. The fourth-order valence-electron chi connectivity index (χ4n) is 4.35. The highest BCUT2D eigenvalue weighted by molar-refractivity contribution is 5.66. The lowest BCUT2D eigenvalue weighted by Gasteiger charge is -2.33. The monoisotopic (exact) mass is 427 g/mol. The third-order valence-electron chi connectivity index (χ3n) is 6.51. The van der Waals surface area contributed by atoms with Gasteiger partial charge in [0.2, 0.25) is 0 Å². The summed E-state index contributed by atoms with van der Waals surface area (Å²) in [5, 5.41) is 19.9. The molecule has 168 valence electrons. The fraction of sp³-hybridized carbons (Fsp3) is 0.480. The molecule has 1 aliphatic heterocycles. The van der Waals surface area contributed by atoms with E-state index in [1.807, 2.05) is 31.2 Å². The van der Waals surface area contributed by atoms with Crippen LogP contribution in [0.5, 0.6) is 11.5 Å². The summed E-state index contributed by atoms with van der Waals surface area (Å²) >= 11 is 0. The second-order valence-electron chi connectivity index (χ2n) is 8.60. The van der Waals surface area contributed by atoms with Crippen LogP contribution in [0.1, 0.15) is 43.7 Å². The summed E-state index contributed by atoms with van der Waals surface area (Å²) in [5.41, 5.74) is 1.70. The molecule has 0 radical (unpaired) electrons. The molecule has 3 rings (SSSR count). The predicted octanol–water partition coefficient (Wildman–Crippen LogP) is 4.56. The van der Waals surface area contributed by atoms with Crippen LogP contribution in [0.4, 0.5) is 4.79 Å². The average Bonchev–Trinajstić information content (AvgIpc) is 3.13.